The van der Waals surface area contributed by atoms with Crippen molar-refractivity contribution in [3.8, 4) is 0 Å². The molecule has 0 aromatic rings. The number of aliphatic imine (C=N–C) groups is 2. The lowest BCUT2D eigenvalue weighted by molar-refractivity contribution is 0.131. The van der Waals surface area contributed by atoms with Crippen molar-refractivity contribution in [2.24, 2.45) is 9.98 Å². The smallest absolute Gasteiger partial charge is 0.191 e. The highest BCUT2D eigenvalue weighted by atomic mass is 15.3. The molecule has 1 aliphatic rings. The van der Waals surface area contributed by atoms with E-state index in [0.29, 0.717) is 24.2 Å². The molecule has 0 spiro atoms. The van der Waals surface area contributed by atoms with Gasteiger partial charge in [-0.05, 0) is 74.8 Å². The first kappa shape index (κ1) is 28.5. The largest absolute Gasteiger partial charge is 0.356 e. The summed E-state index contributed by atoms with van der Waals surface area (Å²) in [5.74, 6) is 1.86. The zero-order valence-corrected chi connectivity index (χ0v) is 22.2. The summed E-state index contributed by atoms with van der Waals surface area (Å²) >= 11 is 0. The van der Waals surface area contributed by atoms with Crippen LogP contribution in [-0.4, -0.2) is 98.2 Å². The first-order valence-corrected chi connectivity index (χ1v) is 12.8. The lowest BCUT2D eigenvalue weighted by Crippen LogP contribution is -2.47. The normalized spacial score (nSPS) is 16.2. The highest BCUT2D eigenvalue weighted by Crippen LogP contribution is 2.03. The van der Waals surface area contributed by atoms with Crippen LogP contribution in [0.15, 0.2) is 9.98 Å². The molecule has 0 aromatic carbocycles. The molecule has 0 aliphatic carbocycles. The third-order valence-electron chi connectivity index (χ3n) is 4.97. The Morgan fingerprint density at radius 3 is 1.62 bits per heavy atom. The fourth-order valence-corrected chi connectivity index (χ4v) is 3.58. The van der Waals surface area contributed by atoms with Crippen molar-refractivity contribution >= 4 is 11.9 Å². The highest BCUT2D eigenvalue weighted by molar-refractivity contribution is 5.80. The summed E-state index contributed by atoms with van der Waals surface area (Å²) in [4.78, 5) is 14.5. The summed E-state index contributed by atoms with van der Waals surface area (Å²) in [6.45, 7) is 25.8. The SMILES string of the molecule is CC(C)N=C(NCCCN1CCN(CCCN=C(NC(C)C)NC(C)C)CC1)NC(C)C. The van der Waals surface area contributed by atoms with Crippen LogP contribution in [-0.2, 0) is 0 Å². The summed E-state index contributed by atoms with van der Waals surface area (Å²) < 4.78 is 0. The fraction of sp³-hybridized carbons (Fsp3) is 0.917. The third kappa shape index (κ3) is 14.5. The second-order valence-corrected chi connectivity index (χ2v) is 10.0. The van der Waals surface area contributed by atoms with Gasteiger partial charge in [0.15, 0.2) is 11.9 Å². The van der Waals surface area contributed by atoms with E-state index < -0.39 is 0 Å². The van der Waals surface area contributed by atoms with Crippen molar-refractivity contribution in [1.29, 1.82) is 0 Å². The van der Waals surface area contributed by atoms with E-state index in [-0.39, 0.29) is 0 Å². The second kappa shape index (κ2) is 16.1. The van der Waals surface area contributed by atoms with Gasteiger partial charge in [-0.15, -0.1) is 0 Å². The quantitative estimate of drug-likeness (QED) is 0.206. The number of hydrogen-bond acceptors (Lipinski definition) is 4. The van der Waals surface area contributed by atoms with Gasteiger partial charge in [0.05, 0.1) is 0 Å². The molecule has 8 nitrogen and oxygen atoms in total. The van der Waals surface area contributed by atoms with Crippen LogP contribution < -0.4 is 21.3 Å². The molecule has 0 saturated carbocycles. The fourth-order valence-electron chi connectivity index (χ4n) is 3.58. The molecule has 0 radical (unpaired) electrons. The number of rotatable bonds is 12. The zero-order valence-electron chi connectivity index (χ0n) is 22.2. The van der Waals surface area contributed by atoms with Gasteiger partial charge >= 0.3 is 0 Å². The molecule has 4 N–H and O–H groups in total. The van der Waals surface area contributed by atoms with Crippen LogP contribution in [0.1, 0.15) is 68.2 Å². The predicted octanol–water partition coefficient (Wildman–Crippen LogP) is 2.09. The van der Waals surface area contributed by atoms with E-state index in [9.17, 15) is 0 Å². The molecule has 1 rings (SSSR count). The Morgan fingerprint density at radius 1 is 0.688 bits per heavy atom. The van der Waals surface area contributed by atoms with Crippen LogP contribution in [0.4, 0.5) is 0 Å². The lowest BCUT2D eigenvalue weighted by atomic mass is 10.2. The second-order valence-electron chi connectivity index (χ2n) is 10.0. The Labute approximate surface area is 198 Å². The van der Waals surface area contributed by atoms with E-state index in [1.807, 2.05) is 0 Å². The van der Waals surface area contributed by atoms with Crippen LogP contribution in [0.25, 0.3) is 0 Å². The van der Waals surface area contributed by atoms with Crippen molar-refractivity contribution in [2.45, 2.75) is 92.4 Å². The highest BCUT2D eigenvalue weighted by Gasteiger charge is 2.16. The minimum Gasteiger partial charge on any atom is -0.356 e. The topological polar surface area (TPSA) is 79.3 Å². The maximum Gasteiger partial charge on any atom is 0.191 e. The van der Waals surface area contributed by atoms with Crippen LogP contribution in [0, 0.1) is 0 Å². The molecule has 1 fully saturated rings. The van der Waals surface area contributed by atoms with Crippen molar-refractivity contribution in [3.63, 3.8) is 0 Å². The van der Waals surface area contributed by atoms with Gasteiger partial charge < -0.3 is 31.1 Å². The van der Waals surface area contributed by atoms with Gasteiger partial charge in [0.25, 0.3) is 0 Å². The number of guanidine groups is 2. The van der Waals surface area contributed by atoms with E-state index in [4.69, 9.17) is 4.99 Å². The van der Waals surface area contributed by atoms with E-state index in [2.05, 4.69) is 91.4 Å². The summed E-state index contributed by atoms with van der Waals surface area (Å²) in [6, 6.07) is 1.47. The number of piperazine rings is 1. The predicted molar refractivity (Wildman–Crippen MR) is 140 cm³/mol. The monoisotopic (exact) mass is 452 g/mol. The molecule has 1 heterocycles. The van der Waals surface area contributed by atoms with E-state index >= 15 is 0 Å². The molecule has 188 valence electrons. The molecule has 0 bridgehead atoms. The van der Waals surface area contributed by atoms with Gasteiger partial charge in [-0.1, -0.05) is 0 Å². The van der Waals surface area contributed by atoms with E-state index in [1.54, 1.807) is 0 Å². The third-order valence-corrected chi connectivity index (χ3v) is 4.97. The number of nitrogens with one attached hydrogen (secondary N) is 4. The molecule has 1 aliphatic heterocycles. The first-order chi connectivity index (χ1) is 15.2. The standard InChI is InChI=1S/C24H52N8/c1-19(2)27-23(28-20(3)4)25-11-9-13-31-15-17-32(18-16-31)14-10-12-26-24(29-21(5)6)30-22(7)8/h19-22H,9-18H2,1-8H3,(H2,25,27,28)(H2,26,29,30). The maximum atomic E-state index is 4.74. The van der Waals surface area contributed by atoms with Gasteiger partial charge in [0.1, 0.15) is 0 Å². The average molecular weight is 453 g/mol. The molecule has 0 unspecified atom stereocenters. The van der Waals surface area contributed by atoms with Crippen molar-refractivity contribution < 1.29 is 0 Å². The summed E-state index contributed by atoms with van der Waals surface area (Å²) in [5, 5.41) is 13.7. The van der Waals surface area contributed by atoms with E-state index in [1.165, 1.54) is 0 Å². The Hall–Kier alpha value is -1.54. The number of hydrogen-bond donors (Lipinski definition) is 4. The van der Waals surface area contributed by atoms with Crippen molar-refractivity contribution in [2.75, 3.05) is 52.4 Å². The minimum atomic E-state index is 0.298. The molecule has 0 atom stereocenters. The van der Waals surface area contributed by atoms with Gasteiger partial charge in [0.2, 0.25) is 0 Å². The van der Waals surface area contributed by atoms with Gasteiger partial charge in [-0.3, -0.25) is 9.98 Å². The summed E-state index contributed by atoms with van der Waals surface area (Å²) in [5.41, 5.74) is 0. The van der Waals surface area contributed by atoms with Crippen LogP contribution in [0.5, 0.6) is 0 Å². The Kier molecular flexibility index (Phi) is 14.4. The van der Waals surface area contributed by atoms with Crippen molar-refractivity contribution in [1.82, 2.24) is 31.1 Å². The summed E-state index contributed by atoms with van der Waals surface area (Å²) in [6.07, 6.45) is 2.24. The first-order valence-electron chi connectivity index (χ1n) is 12.8. The maximum absolute atomic E-state index is 4.74. The average Bonchev–Trinajstić information content (AvgIpc) is 2.67. The molecule has 1 saturated heterocycles. The molecule has 0 amide bonds. The molecular formula is C24H52N8. The Bertz CT molecular complexity index is 522. The van der Waals surface area contributed by atoms with Gasteiger partial charge in [-0.25, -0.2) is 0 Å². The minimum absolute atomic E-state index is 0.298. The van der Waals surface area contributed by atoms with Gasteiger partial charge in [0, 0.05) is 70.0 Å². The van der Waals surface area contributed by atoms with Crippen molar-refractivity contribution in [3.05, 3.63) is 0 Å². The van der Waals surface area contributed by atoms with E-state index in [0.717, 1.165) is 77.1 Å². The van der Waals surface area contributed by atoms with Gasteiger partial charge in [-0.2, -0.15) is 0 Å². The summed E-state index contributed by atoms with van der Waals surface area (Å²) in [7, 11) is 0. The molecule has 8 heteroatoms. The van der Waals surface area contributed by atoms with Crippen LogP contribution in [0.3, 0.4) is 0 Å². The zero-order chi connectivity index (χ0) is 23.9. The Morgan fingerprint density at radius 2 is 1.16 bits per heavy atom. The van der Waals surface area contributed by atoms with Crippen LogP contribution >= 0.6 is 0 Å². The lowest BCUT2D eigenvalue weighted by Gasteiger charge is -2.34. The molecular weight excluding hydrogens is 400 g/mol. The molecule has 32 heavy (non-hydrogen) atoms. The molecule has 0 aromatic heterocycles. The number of nitrogens with zero attached hydrogens (tertiary/aromatic N) is 4. The van der Waals surface area contributed by atoms with Crippen LogP contribution in [0.2, 0.25) is 0 Å². The Balaban J connectivity index is 2.22.